The zero-order valence-corrected chi connectivity index (χ0v) is 10.5. The van der Waals surface area contributed by atoms with E-state index in [0.717, 1.165) is 11.8 Å². The van der Waals surface area contributed by atoms with Gasteiger partial charge >= 0.3 is 5.97 Å². The maximum absolute atomic E-state index is 11.2. The fourth-order valence-corrected chi connectivity index (χ4v) is 2.47. The van der Waals surface area contributed by atoms with Gasteiger partial charge in [-0.25, -0.2) is 0 Å². The van der Waals surface area contributed by atoms with Gasteiger partial charge in [0.15, 0.2) is 0 Å². The number of hydrogen-bond acceptors (Lipinski definition) is 2. The molecule has 0 aromatic rings. The van der Waals surface area contributed by atoms with Crippen LogP contribution in [0.15, 0.2) is 0 Å². The first-order chi connectivity index (χ1) is 7.04. The molecule has 1 rings (SSSR count). The Morgan fingerprint density at radius 2 is 1.87 bits per heavy atom. The molecular weight excluding hydrogens is 188 g/mol. The fraction of sp³-hybridized carbons (Fsp3) is 0.923. The van der Waals surface area contributed by atoms with Crippen LogP contribution in [0.5, 0.6) is 0 Å². The average Bonchev–Trinajstić information content (AvgIpc) is 2.66. The molecule has 0 heterocycles. The molecule has 1 aliphatic carbocycles. The second-order valence-corrected chi connectivity index (χ2v) is 5.13. The molecule has 3 unspecified atom stereocenters. The highest BCUT2D eigenvalue weighted by Crippen LogP contribution is 2.38. The first kappa shape index (κ1) is 12.5. The Kier molecular flexibility index (Phi) is 4.62. The number of hydrogen-bond donors (Lipinski definition) is 0. The SMILES string of the molecule is CCC(=O)OC(C)C1CCC(C(C)C)C1. The van der Waals surface area contributed by atoms with Gasteiger partial charge in [-0.2, -0.15) is 0 Å². The second kappa shape index (κ2) is 5.53. The summed E-state index contributed by atoms with van der Waals surface area (Å²) in [5.41, 5.74) is 0. The van der Waals surface area contributed by atoms with Crippen LogP contribution in [0.25, 0.3) is 0 Å². The highest BCUT2D eigenvalue weighted by atomic mass is 16.5. The zero-order valence-electron chi connectivity index (χ0n) is 10.5. The van der Waals surface area contributed by atoms with Crippen LogP contribution in [0.3, 0.4) is 0 Å². The summed E-state index contributed by atoms with van der Waals surface area (Å²) in [4.78, 5) is 11.2. The third-order valence-corrected chi connectivity index (χ3v) is 3.73. The van der Waals surface area contributed by atoms with Crippen LogP contribution in [0.4, 0.5) is 0 Å². The number of carbonyl (C=O) groups excluding carboxylic acids is 1. The first-order valence-corrected chi connectivity index (χ1v) is 6.24. The smallest absolute Gasteiger partial charge is 0.305 e. The van der Waals surface area contributed by atoms with Crippen molar-refractivity contribution in [3.8, 4) is 0 Å². The first-order valence-electron chi connectivity index (χ1n) is 6.24. The molecule has 0 aliphatic heterocycles. The van der Waals surface area contributed by atoms with Crippen molar-refractivity contribution in [2.45, 2.75) is 59.5 Å². The molecule has 2 nitrogen and oxygen atoms in total. The monoisotopic (exact) mass is 212 g/mol. The second-order valence-electron chi connectivity index (χ2n) is 5.13. The standard InChI is InChI=1S/C13H24O2/c1-5-13(14)15-10(4)12-7-6-11(8-12)9(2)3/h9-12H,5-8H2,1-4H3. The highest BCUT2D eigenvalue weighted by Gasteiger charge is 2.31. The molecule has 2 heteroatoms. The molecule has 0 aromatic heterocycles. The Bertz CT molecular complexity index is 211. The van der Waals surface area contributed by atoms with Crippen LogP contribution in [0.1, 0.15) is 53.4 Å². The topological polar surface area (TPSA) is 26.3 Å². The maximum atomic E-state index is 11.2. The third kappa shape index (κ3) is 3.51. The van der Waals surface area contributed by atoms with Crippen LogP contribution in [-0.2, 0) is 9.53 Å². The summed E-state index contributed by atoms with van der Waals surface area (Å²) in [6, 6.07) is 0. The number of rotatable bonds is 4. The molecule has 0 amide bonds. The van der Waals surface area contributed by atoms with Crippen molar-refractivity contribution in [1.82, 2.24) is 0 Å². The van der Waals surface area contributed by atoms with Crippen LogP contribution >= 0.6 is 0 Å². The van der Waals surface area contributed by atoms with Gasteiger partial charge in [0.25, 0.3) is 0 Å². The van der Waals surface area contributed by atoms with Gasteiger partial charge in [-0.3, -0.25) is 4.79 Å². The lowest BCUT2D eigenvalue weighted by molar-refractivity contribution is -0.150. The highest BCUT2D eigenvalue weighted by molar-refractivity contribution is 5.69. The van der Waals surface area contributed by atoms with E-state index >= 15 is 0 Å². The van der Waals surface area contributed by atoms with Crippen molar-refractivity contribution >= 4 is 5.97 Å². The van der Waals surface area contributed by atoms with E-state index in [1.165, 1.54) is 19.3 Å². The predicted octanol–water partition coefficient (Wildman–Crippen LogP) is 3.40. The summed E-state index contributed by atoms with van der Waals surface area (Å²) in [5.74, 6) is 2.13. The molecule has 1 saturated carbocycles. The summed E-state index contributed by atoms with van der Waals surface area (Å²) in [7, 11) is 0. The zero-order chi connectivity index (χ0) is 11.4. The van der Waals surface area contributed by atoms with Crippen molar-refractivity contribution in [3.05, 3.63) is 0 Å². The van der Waals surface area contributed by atoms with Gasteiger partial charge in [0, 0.05) is 6.42 Å². The molecule has 0 spiro atoms. The van der Waals surface area contributed by atoms with E-state index in [1.807, 2.05) is 13.8 Å². The summed E-state index contributed by atoms with van der Waals surface area (Å²) in [6.45, 7) is 8.47. The quantitative estimate of drug-likeness (QED) is 0.668. The molecule has 0 saturated heterocycles. The van der Waals surface area contributed by atoms with E-state index in [1.54, 1.807) is 0 Å². The van der Waals surface area contributed by atoms with Gasteiger partial charge < -0.3 is 4.74 Å². The van der Waals surface area contributed by atoms with Crippen molar-refractivity contribution in [1.29, 1.82) is 0 Å². The number of esters is 1. The molecular formula is C13H24O2. The molecule has 88 valence electrons. The van der Waals surface area contributed by atoms with E-state index in [0.29, 0.717) is 12.3 Å². The van der Waals surface area contributed by atoms with Crippen molar-refractivity contribution < 1.29 is 9.53 Å². The summed E-state index contributed by atoms with van der Waals surface area (Å²) < 4.78 is 5.37. The summed E-state index contributed by atoms with van der Waals surface area (Å²) in [6.07, 6.45) is 4.36. The molecule has 0 radical (unpaired) electrons. The van der Waals surface area contributed by atoms with Crippen LogP contribution in [0.2, 0.25) is 0 Å². The molecule has 1 fully saturated rings. The van der Waals surface area contributed by atoms with Crippen LogP contribution in [0, 0.1) is 17.8 Å². The maximum Gasteiger partial charge on any atom is 0.305 e. The Labute approximate surface area is 93.4 Å². The third-order valence-electron chi connectivity index (χ3n) is 3.73. The number of carbonyl (C=O) groups is 1. The molecule has 15 heavy (non-hydrogen) atoms. The lowest BCUT2D eigenvalue weighted by Gasteiger charge is -2.20. The largest absolute Gasteiger partial charge is 0.462 e. The van der Waals surface area contributed by atoms with E-state index in [-0.39, 0.29) is 12.1 Å². The Hall–Kier alpha value is -0.530. The van der Waals surface area contributed by atoms with Gasteiger partial charge in [0.05, 0.1) is 0 Å². The van der Waals surface area contributed by atoms with Gasteiger partial charge in [-0.05, 0) is 43.9 Å². The van der Waals surface area contributed by atoms with Crippen molar-refractivity contribution in [2.24, 2.45) is 17.8 Å². The van der Waals surface area contributed by atoms with Crippen LogP contribution < -0.4 is 0 Å². The Morgan fingerprint density at radius 1 is 1.27 bits per heavy atom. The summed E-state index contributed by atoms with van der Waals surface area (Å²) in [5, 5.41) is 0. The minimum Gasteiger partial charge on any atom is -0.462 e. The lowest BCUT2D eigenvalue weighted by atomic mass is 9.92. The normalized spacial score (nSPS) is 28.1. The molecule has 3 atom stereocenters. The molecule has 0 aromatic carbocycles. The van der Waals surface area contributed by atoms with E-state index in [4.69, 9.17) is 4.74 Å². The Morgan fingerprint density at radius 3 is 2.33 bits per heavy atom. The minimum atomic E-state index is -0.0597. The van der Waals surface area contributed by atoms with Gasteiger partial charge in [-0.15, -0.1) is 0 Å². The fourth-order valence-electron chi connectivity index (χ4n) is 2.47. The average molecular weight is 212 g/mol. The molecule has 1 aliphatic rings. The summed E-state index contributed by atoms with van der Waals surface area (Å²) >= 11 is 0. The Balaban J connectivity index is 2.36. The molecule has 0 bridgehead atoms. The van der Waals surface area contributed by atoms with Crippen molar-refractivity contribution in [2.75, 3.05) is 0 Å². The minimum absolute atomic E-state index is 0.0597. The lowest BCUT2D eigenvalue weighted by Crippen LogP contribution is -2.22. The van der Waals surface area contributed by atoms with E-state index in [2.05, 4.69) is 13.8 Å². The van der Waals surface area contributed by atoms with Gasteiger partial charge in [0.1, 0.15) is 6.10 Å². The van der Waals surface area contributed by atoms with E-state index in [9.17, 15) is 4.79 Å². The van der Waals surface area contributed by atoms with Gasteiger partial charge in [-0.1, -0.05) is 20.8 Å². The van der Waals surface area contributed by atoms with Crippen molar-refractivity contribution in [3.63, 3.8) is 0 Å². The number of ether oxygens (including phenoxy) is 1. The predicted molar refractivity (Wildman–Crippen MR) is 61.5 cm³/mol. The van der Waals surface area contributed by atoms with Crippen LogP contribution in [-0.4, -0.2) is 12.1 Å². The molecule has 0 N–H and O–H groups in total. The van der Waals surface area contributed by atoms with Gasteiger partial charge in [0.2, 0.25) is 0 Å². The van der Waals surface area contributed by atoms with E-state index < -0.39 is 0 Å².